The summed E-state index contributed by atoms with van der Waals surface area (Å²) in [7, 11) is -3.63. The highest BCUT2D eigenvalue weighted by molar-refractivity contribution is 7.92. The van der Waals surface area contributed by atoms with Crippen LogP contribution in [-0.2, 0) is 25.0 Å². The van der Waals surface area contributed by atoms with Gasteiger partial charge in [0.05, 0.1) is 10.3 Å². The topological polar surface area (TPSA) is 113 Å². The number of alkyl halides is 3. The highest BCUT2D eigenvalue weighted by Gasteiger charge is 2.51. The monoisotopic (exact) mass is 486 g/mol. The van der Waals surface area contributed by atoms with Crippen LogP contribution >= 0.6 is 0 Å². The van der Waals surface area contributed by atoms with E-state index in [-0.39, 0.29) is 10.8 Å². The molecule has 7 nitrogen and oxygen atoms in total. The van der Waals surface area contributed by atoms with Gasteiger partial charge in [0.25, 0.3) is 10.0 Å². The Bertz CT molecular complexity index is 1100. The molecule has 0 unspecified atom stereocenters. The van der Waals surface area contributed by atoms with Crippen molar-refractivity contribution in [1.82, 2.24) is 5.32 Å². The lowest BCUT2D eigenvalue weighted by Crippen LogP contribution is -2.35. The molecular formula is C22H25F3N2O5S. The lowest BCUT2D eigenvalue weighted by molar-refractivity contribution is -0.192. The summed E-state index contributed by atoms with van der Waals surface area (Å²) in [6, 6.07) is 14.0. The number of aliphatic carboxylic acids is 1. The number of benzene rings is 2. The van der Waals surface area contributed by atoms with Gasteiger partial charge in [-0.2, -0.15) is 13.2 Å². The van der Waals surface area contributed by atoms with E-state index >= 15 is 0 Å². The maximum atomic E-state index is 12.6. The minimum atomic E-state index is -5.08. The van der Waals surface area contributed by atoms with Crippen LogP contribution in [0.25, 0.3) is 0 Å². The third kappa shape index (κ3) is 6.70. The Kier molecular flexibility index (Phi) is 8.12. The number of anilines is 1. The number of halogens is 3. The summed E-state index contributed by atoms with van der Waals surface area (Å²) in [5, 5.41) is 10.1. The number of carboxylic acid groups (broad SMARTS) is 1. The second-order valence-corrected chi connectivity index (χ2v) is 9.24. The number of carbonyl (C=O) groups excluding carboxylic acids is 1. The highest BCUT2D eigenvalue weighted by Crippen LogP contribution is 2.48. The fourth-order valence-electron chi connectivity index (χ4n) is 3.10. The maximum absolute atomic E-state index is 12.6. The summed E-state index contributed by atoms with van der Waals surface area (Å²) in [5.41, 5.74) is 1.68. The van der Waals surface area contributed by atoms with E-state index in [1.807, 2.05) is 25.1 Å². The van der Waals surface area contributed by atoms with E-state index in [0.29, 0.717) is 17.8 Å². The van der Waals surface area contributed by atoms with Crippen molar-refractivity contribution in [3.8, 4) is 0 Å². The largest absolute Gasteiger partial charge is 0.490 e. The molecule has 0 spiro atoms. The molecule has 1 aliphatic rings. The van der Waals surface area contributed by atoms with E-state index in [1.165, 1.54) is 0 Å². The molecule has 0 aromatic heterocycles. The molecule has 2 aromatic rings. The van der Waals surface area contributed by atoms with E-state index in [0.717, 1.165) is 24.8 Å². The van der Waals surface area contributed by atoms with E-state index in [1.54, 1.807) is 37.3 Å². The number of hydrogen-bond donors (Lipinski definition) is 3. The zero-order valence-corrected chi connectivity index (χ0v) is 18.9. The van der Waals surface area contributed by atoms with Crippen LogP contribution in [0, 0.1) is 6.92 Å². The molecule has 0 radical (unpaired) electrons. The second-order valence-electron chi connectivity index (χ2n) is 7.59. The van der Waals surface area contributed by atoms with Crippen molar-refractivity contribution in [3.63, 3.8) is 0 Å². The summed E-state index contributed by atoms with van der Waals surface area (Å²) in [4.78, 5) is 21.6. The molecule has 33 heavy (non-hydrogen) atoms. The van der Waals surface area contributed by atoms with Crippen LogP contribution in [0.1, 0.15) is 37.3 Å². The molecule has 1 aliphatic carbocycles. The van der Waals surface area contributed by atoms with Crippen LogP contribution in [0.2, 0.25) is 0 Å². The van der Waals surface area contributed by atoms with Crippen LogP contribution in [0.5, 0.6) is 0 Å². The first-order valence-electron chi connectivity index (χ1n) is 10.1. The van der Waals surface area contributed by atoms with Crippen molar-refractivity contribution in [2.24, 2.45) is 0 Å². The van der Waals surface area contributed by atoms with Crippen molar-refractivity contribution in [2.45, 2.75) is 49.6 Å². The van der Waals surface area contributed by atoms with Gasteiger partial charge in [-0.15, -0.1) is 0 Å². The first-order valence-corrected chi connectivity index (χ1v) is 11.6. The normalized spacial score (nSPS) is 14.5. The number of rotatable bonds is 7. The Morgan fingerprint density at radius 3 is 2.06 bits per heavy atom. The Balaban J connectivity index is 0.000000479. The van der Waals surface area contributed by atoms with Gasteiger partial charge in [0, 0.05) is 12.2 Å². The van der Waals surface area contributed by atoms with Crippen molar-refractivity contribution in [2.75, 3.05) is 11.3 Å². The Labute approximate surface area is 190 Å². The van der Waals surface area contributed by atoms with Gasteiger partial charge in [0.15, 0.2) is 0 Å². The maximum Gasteiger partial charge on any atom is 0.490 e. The minimum absolute atomic E-state index is 0.0626. The quantitative estimate of drug-likeness (QED) is 0.548. The zero-order chi connectivity index (χ0) is 24.9. The predicted octanol–water partition coefficient (Wildman–Crippen LogP) is 3.99. The van der Waals surface area contributed by atoms with Crippen LogP contribution in [0.3, 0.4) is 0 Å². The summed E-state index contributed by atoms with van der Waals surface area (Å²) >= 11 is 0. The standard InChI is InChI=1S/C20H24N2O3S.C2HF3O2/c1-3-14-21-19(23)20(12-13-20)16-8-10-17(11-9-16)22-26(24,25)18-7-5-4-6-15(18)2;3-2(4,5)1(6)7/h4-11,22H,3,12-14H2,1-2H3,(H,21,23);(H,6,7). The molecular weight excluding hydrogens is 461 g/mol. The number of nitrogens with one attached hydrogen (secondary N) is 2. The van der Waals surface area contributed by atoms with Crippen LogP contribution < -0.4 is 10.0 Å². The third-order valence-electron chi connectivity index (χ3n) is 5.04. The third-order valence-corrected chi connectivity index (χ3v) is 6.58. The number of carboxylic acids is 1. The van der Waals surface area contributed by atoms with Gasteiger partial charge in [-0.25, -0.2) is 13.2 Å². The number of amides is 1. The van der Waals surface area contributed by atoms with E-state index in [9.17, 15) is 26.4 Å². The molecule has 1 fully saturated rings. The molecule has 0 aliphatic heterocycles. The summed E-state index contributed by atoms with van der Waals surface area (Å²) in [6.45, 7) is 4.47. The van der Waals surface area contributed by atoms with Crippen LogP contribution in [0.4, 0.5) is 18.9 Å². The minimum Gasteiger partial charge on any atom is -0.475 e. The van der Waals surface area contributed by atoms with Gasteiger partial charge in [0.2, 0.25) is 5.91 Å². The number of sulfonamides is 1. The predicted molar refractivity (Wildman–Crippen MR) is 116 cm³/mol. The lowest BCUT2D eigenvalue weighted by Gasteiger charge is -2.16. The smallest absolute Gasteiger partial charge is 0.475 e. The van der Waals surface area contributed by atoms with Gasteiger partial charge in [-0.05, 0) is 55.5 Å². The first-order chi connectivity index (χ1) is 15.3. The second kappa shape index (κ2) is 10.2. The van der Waals surface area contributed by atoms with Crippen molar-refractivity contribution in [1.29, 1.82) is 0 Å². The highest BCUT2D eigenvalue weighted by atomic mass is 32.2. The molecule has 3 rings (SSSR count). The van der Waals surface area contributed by atoms with E-state index in [4.69, 9.17) is 9.90 Å². The fourth-order valence-corrected chi connectivity index (χ4v) is 4.41. The number of carbonyl (C=O) groups is 2. The van der Waals surface area contributed by atoms with E-state index in [2.05, 4.69) is 10.0 Å². The number of hydrogen-bond acceptors (Lipinski definition) is 4. The Morgan fingerprint density at radius 1 is 1.06 bits per heavy atom. The molecule has 0 atom stereocenters. The van der Waals surface area contributed by atoms with Crippen LogP contribution in [0.15, 0.2) is 53.4 Å². The molecule has 0 heterocycles. The fraction of sp³-hybridized carbons (Fsp3) is 0.364. The number of aryl methyl sites for hydroxylation is 1. The van der Waals surface area contributed by atoms with Gasteiger partial charge >= 0.3 is 12.1 Å². The first kappa shape index (κ1) is 26.2. The molecule has 2 aromatic carbocycles. The molecule has 1 saturated carbocycles. The van der Waals surface area contributed by atoms with Crippen LogP contribution in [-0.4, -0.2) is 38.1 Å². The Hall–Kier alpha value is -3.08. The zero-order valence-electron chi connectivity index (χ0n) is 18.1. The summed E-state index contributed by atoms with van der Waals surface area (Å²) in [6.07, 6.45) is -2.52. The van der Waals surface area contributed by atoms with E-state index < -0.39 is 27.6 Å². The SMILES string of the molecule is CCCNC(=O)C1(c2ccc(NS(=O)(=O)c3ccccc3C)cc2)CC1.O=C(O)C(F)(F)F. The Morgan fingerprint density at radius 2 is 1.61 bits per heavy atom. The van der Waals surface area contributed by atoms with Gasteiger partial charge in [0.1, 0.15) is 0 Å². The van der Waals surface area contributed by atoms with Crippen molar-refractivity contribution < 1.29 is 36.3 Å². The molecule has 11 heteroatoms. The van der Waals surface area contributed by atoms with Gasteiger partial charge < -0.3 is 10.4 Å². The average molecular weight is 487 g/mol. The van der Waals surface area contributed by atoms with Gasteiger partial charge in [-0.3, -0.25) is 9.52 Å². The summed E-state index contributed by atoms with van der Waals surface area (Å²) in [5.74, 6) is -2.69. The molecule has 0 bridgehead atoms. The molecule has 0 saturated heterocycles. The summed E-state index contributed by atoms with van der Waals surface area (Å²) < 4.78 is 59.5. The van der Waals surface area contributed by atoms with Crippen molar-refractivity contribution >= 4 is 27.6 Å². The molecule has 1 amide bonds. The van der Waals surface area contributed by atoms with Gasteiger partial charge in [-0.1, -0.05) is 37.3 Å². The van der Waals surface area contributed by atoms with Crippen molar-refractivity contribution in [3.05, 3.63) is 59.7 Å². The molecule has 180 valence electrons. The molecule has 3 N–H and O–H groups in total. The average Bonchev–Trinajstić information content (AvgIpc) is 3.54. The lowest BCUT2D eigenvalue weighted by atomic mass is 9.95.